The number of benzene rings is 1. The molecule has 2 aliphatic rings. The van der Waals surface area contributed by atoms with E-state index in [0.717, 1.165) is 26.1 Å². The van der Waals surface area contributed by atoms with Crippen molar-refractivity contribution in [1.82, 2.24) is 10.2 Å². The minimum absolute atomic E-state index is 0. The molecule has 2 N–H and O–H groups in total. The van der Waals surface area contributed by atoms with Gasteiger partial charge in [0.25, 0.3) is 11.8 Å². The van der Waals surface area contributed by atoms with Crippen LogP contribution in [0.25, 0.3) is 0 Å². The van der Waals surface area contributed by atoms with Gasteiger partial charge in [-0.1, -0.05) is 6.07 Å². The highest BCUT2D eigenvalue weighted by Crippen LogP contribution is 2.34. The molecule has 6 nitrogen and oxygen atoms in total. The first-order valence-electron chi connectivity index (χ1n) is 7.64. The van der Waals surface area contributed by atoms with E-state index in [1.807, 2.05) is 11.9 Å². The Balaban J connectivity index is 0.00000192. The average molecular weight is 340 g/mol. The van der Waals surface area contributed by atoms with Crippen LogP contribution in [0.4, 0.5) is 5.69 Å². The second-order valence-electron chi connectivity index (χ2n) is 5.90. The Kier molecular flexibility index (Phi) is 5.49. The molecule has 0 aromatic heterocycles. The molecule has 0 saturated carbocycles. The van der Waals surface area contributed by atoms with Gasteiger partial charge in [0.05, 0.1) is 11.3 Å². The van der Waals surface area contributed by atoms with Gasteiger partial charge in [-0.05, 0) is 45.0 Å². The zero-order chi connectivity index (χ0) is 15.7. The highest BCUT2D eigenvalue weighted by Gasteiger charge is 2.32. The van der Waals surface area contributed by atoms with Crippen molar-refractivity contribution in [2.75, 3.05) is 32.0 Å². The van der Waals surface area contributed by atoms with Crippen molar-refractivity contribution in [3.8, 4) is 5.75 Å². The molecular formula is C16H22ClN3O3. The summed E-state index contributed by atoms with van der Waals surface area (Å²) < 4.78 is 5.66. The normalized spacial score (nSPS) is 22.7. The Labute approximate surface area is 142 Å². The highest BCUT2D eigenvalue weighted by molar-refractivity contribution is 6.04. The third-order valence-electron chi connectivity index (χ3n) is 4.23. The van der Waals surface area contributed by atoms with Crippen LogP contribution < -0.4 is 15.4 Å². The van der Waals surface area contributed by atoms with Gasteiger partial charge in [-0.25, -0.2) is 0 Å². The molecule has 0 spiro atoms. The fourth-order valence-corrected chi connectivity index (χ4v) is 3.04. The molecule has 1 aromatic carbocycles. The Hall–Kier alpha value is -1.79. The number of carbonyl (C=O) groups excluding carboxylic acids is 2. The first-order valence-corrected chi connectivity index (χ1v) is 7.64. The highest BCUT2D eigenvalue weighted by atomic mass is 35.5. The molecule has 2 aliphatic heterocycles. The van der Waals surface area contributed by atoms with Gasteiger partial charge in [-0.3, -0.25) is 9.59 Å². The third-order valence-corrected chi connectivity index (χ3v) is 4.23. The number of nitrogens with zero attached hydrogens (tertiary/aromatic N) is 1. The number of amides is 2. The molecule has 2 amide bonds. The monoisotopic (exact) mass is 339 g/mol. The maximum Gasteiger partial charge on any atom is 0.265 e. The van der Waals surface area contributed by atoms with E-state index >= 15 is 0 Å². The van der Waals surface area contributed by atoms with Crippen molar-refractivity contribution in [3.05, 3.63) is 23.8 Å². The summed E-state index contributed by atoms with van der Waals surface area (Å²) >= 11 is 0. The lowest BCUT2D eigenvalue weighted by Gasteiger charge is -2.26. The third kappa shape index (κ3) is 3.43. The van der Waals surface area contributed by atoms with Crippen LogP contribution in [0.1, 0.15) is 23.7 Å². The Morgan fingerprint density at radius 1 is 1.48 bits per heavy atom. The maximum absolute atomic E-state index is 12.8. The molecule has 1 aromatic rings. The fraction of sp³-hybridized carbons (Fsp3) is 0.500. The van der Waals surface area contributed by atoms with E-state index in [-0.39, 0.29) is 24.2 Å². The predicted molar refractivity (Wildman–Crippen MR) is 90.3 cm³/mol. The Morgan fingerprint density at radius 3 is 3.00 bits per heavy atom. The number of likely N-dealkylation sites (tertiary alicyclic amines) is 1. The first-order chi connectivity index (χ1) is 10.6. The molecule has 2 unspecified atom stereocenters. The SMILES string of the molecule is CNCC1CCN(C(=O)c2cccc3c2OC(C)C(=O)N3)C1.Cl. The molecule has 23 heavy (non-hydrogen) atoms. The maximum atomic E-state index is 12.8. The van der Waals surface area contributed by atoms with E-state index in [1.54, 1.807) is 25.1 Å². The summed E-state index contributed by atoms with van der Waals surface area (Å²) in [5, 5.41) is 5.94. The van der Waals surface area contributed by atoms with Crippen LogP contribution in [-0.4, -0.2) is 49.5 Å². The summed E-state index contributed by atoms with van der Waals surface area (Å²) in [6.07, 6.45) is 0.423. The number of ether oxygens (including phenoxy) is 1. The van der Waals surface area contributed by atoms with E-state index in [1.165, 1.54) is 0 Å². The standard InChI is InChI=1S/C16H21N3O3.ClH/c1-10-15(20)18-13-5-3-4-12(14(13)22-10)16(21)19-7-6-11(9-19)8-17-2;/h3-5,10-11,17H,6-9H2,1-2H3,(H,18,20);1H. The summed E-state index contributed by atoms with van der Waals surface area (Å²) in [7, 11) is 1.93. The second-order valence-corrected chi connectivity index (χ2v) is 5.90. The number of carbonyl (C=O) groups is 2. The molecule has 1 fully saturated rings. The number of halogens is 1. The number of rotatable bonds is 3. The molecular weight excluding hydrogens is 318 g/mol. The number of hydrogen-bond donors (Lipinski definition) is 2. The zero-order valence-corrected chi connectivity index (χ0v) is 14.1. The smallest absolute Gasteiger partial charge is 0.265 e. The number of nitrogens with one attached hydrogen (secondary N) is 2. The number of para-hydroxylation sites is 1. The Bertz CT molecular complexity index is 608. The Morgan fingerprint density at radius 2 is 2.26 bits per heavy atom. The van der Waals surface area contributed by atoms with Gasteiger partial charge in [0.15, 0.2) is 11.9 Å². The largest absolute Gasteiger partial charge is 0.478 e. The minimum atomic E-state index is -0.586. The van der Waals surface area contributed by atoms with Crippen LogP contribution in [0.2, 0.25) is 0 Å². The molecule has 0 aliphatic carbocycles. The van der Waals surface area contributed by atoms with Gasteiger partial charge >= 0.3 is 0 Å². The lowest BCUT2D eigenvalue weighted by atomic mass is 10.1. The van der Waals surface area contributed by atoms with Crippen molar-refractivity contribution < 1.29 is 14.3 Å². The molecule has 0 radical (unpaired) electrons. The van der Waals surface area contributed by atoms with Crippen molar-refractivity contribution in [3.63, 3.8) is 0 Å². The summed E-state index contributed by atoms with van der Waals surface area (Å²) in [4.78, 5) is 26.3. The van der Waals surface area contributed by atoms with Gasteiger partial charge in [-0.2, -0.15) is 0 Å². The first kappa shape index (κ1) is 17.6. The second kappa shape index (κ2) is 7.19. The van der Waals surface area contributed by atoms with E-state index in [4.69, 9.17) is 4.74 Å². The molecule has 126 valence electrons. The van der Waals surface area contributed by atoms with Crippen LogP contribution in [0.15, 0.2) is 18.2 Å². The molecule has 7 heteroatoms. The van der Waals surface area contributed by atoms with E-state index in [9.17, 15) is 9.59 Å². The predicted octanol–water partition coefficient (Wildman–Crippen LogP) is 1.51. The molecule has 1 saturated heterocycles. The molecule has 2 heterocycles. The van der Waals surface area contributed by atoms with Crippen LogP contribution in [-0.2, 0) is 4.79 Å². The van der Waals surface area contributed by atoms with Crippen LogP contribution in [0.3, 0.4) is 0 Å². The minimum Gasteiger partial charge on any atom is -0.478 e. The summed E-state index contributed by atoms with van der Waals surface area (Å²) in [5.74, 6) is 0.760. The summed E-state index contributed by atoms with van der Waals surface area (Å²) in [5.41, 5.74) is 1.09. The molecule has 0 bridgehead atoms. The topological polar surface area (TPSA) is 70.7 Å². The van der Waals surface area contributed by atoms with E-state index < -0.39 is 6.10 Å². The van der Waals surface area contributed by atoms with Crippen LogP contribution >= 0.6 is 12.4 Å². The van der Waals surface area contributed by atoms with E-state index in [0.29, 0.717) is 22.9 Å². The number of fused-ring (bicyclic) bond motifs is 1. The van der Waals surface area contributed by atoms with Crippen molar-refractivity contribution >= 4 is 29.9 Å². The van der Waals surface area contributed by atoms with Gasteiger partial charge in [0.2, 0.25) is 0 Å². The molecule has 3 rings (SSSR count). The van der Waals surface area contributed by atoms with Crippen molar-refractivity contribution in [2.45, 2.75) is 19.4 Å². The van der Waals surface area contributed by atoms with Gasteiger partial charge in [-0.15, -0.1) is 12.4 Å². The molecule has 2 atom stereocenters. The van der Waals surface area contributed by atoms with E-state index in [2.05, 4.69) is 10.6 Å². The van der Waals surface area contributed by atoms with Crippen molar-refractivity contribution in [2.24, 2.45) is 5.92 Å². The summed E-state index contributed by atoms with van der Waals surface area (Å²) in [6.45, 7) is 4.11. The fourth-order valence-electron chi connectivity index (χ4n) is 3.04. The number of anilines is 1. The average Bonchev–Trinajstić information content (AvgIpc) is 2.96. The lowest BCUT2D eigenvalue weighted by Crippen LogP contribution is -2.36. The quantitative estimate of drug-likeness (QED) is 0.875. The van der Waals surface area contributed by atoms with Gasteiger partial charge < -0.3 is 20.3 Å². The number of hydrogen-bond acceptors (Lipinski definition) is 4. The zero-order valence-electron chi connectivity index (χ0n) is 13.3. The van der Waals surface area contributed by atoms with Crippen molar-refractivity contribution in [1.29, 1.82) is 0 Å². The van der Waals surface area contributed by atoms with Crippen LogP contribution in [0, 0.1) is 5.92 Å². The summed E-state index contributed by atoms with van der Waals surface area (Å²) in [6, 6.07) is 5.29. The van der Waals surface area contributed by atoms with Crippen LogP contribution in [0.5, 0.6) is 5.75 Å². The lowest BCUT2D eigenvalue weighted by molar-refractivity contribution is -0.122. The van der Waals surface area contributed by atoms with Gasteiger partial charge in [0, 0.05) is 13.1 Å². The van der Waals surface area contributed by atoms with Gasteiger partial charge in [0.1, 0.15) is 0 Å².